The summed E-state index contributed by atoms with van der Waals surface area (Å²) in [5.74, 6) is -1.93. The number of aromatic amines is 1. The first kappa shape index (κ1) is 23.1. The number of carbonyl (C=O) groups is 1. The summed E-state index contributed by atoms with van der Waals surface area (Å²) in [5.41, 5.74) is 1.14. The van der Waals surface area contributed by atoms with Crippen LogP contribution >= 0.6 is 11.6 Å². The Kier molecular flexibility index (Phi) is 5.63. The zero-order valence-electron chi connectivity index (χ0n) is 19.2. The van der Waals surface area contributed by atoms with Crippen LogP contribution in [0.2, 0.25) is 5.15 Å². The maximum atomic E-state index is 16.1. The minimum Gasteiger partial charge on any atom is -0.443 e. The molecule has 35 heavy (non-hydrogen) atoms. The Morgan fingerprint density at radius 1 is 1.20 bits per heavy atom. The van der Waals surface area contributed by atoms with Crippen LogP contribution in [0.3, 0.4) is 0 Å². The maximum absolute atomic E-state index is 16.1. The molecule has 0 saturated carbocycles. The Labute approximate surface area is 205 Å². The van der Waals surface area contributed by atoms with Crippen LogP contribution in [0, 0.1) is 11.6 Å². The number of fused-ring (bicyclic) bond motifs is 2. The number of hydrogen-bond acceptors (Lipinski definition) is 4. The molecule has 2 aromatic carbocycles. The van der Waals surface area contributed by atoms with Crippen molar-refractivity contribution in [3.63, 3.8) is 0 Å². The fourth-order valence-electron chi connectivity index (χ4n) is 4.88. The van der Waals surface area contributed by atoms with Crippen LogP contribution in [-0.4, -0.2) is 27.7 Å². The summed E-state index contributed by atoms with van der Waals surface area (Å²) in [4.78, 5) is 19.7. The molecule has 0 spiro atoms. The first-order valence-electron chi connectivity index (χ1n) is 11.1. The number of anilines is 2. The van der Waals surface area contributed by atoms with Crippen molar-refractivity contribution in [2.45, 2.75) is 38.3 Å². The number of pyridine rings is 1. The van der Waals surface area contributed by atoms with Gasteiger partial charge in [-0.3, -0.25) is 5.32 Å². The second-order valence-corrected chi connectivity index (χ2v) is 9.60. The van der Waals surface area contributed by atoms with Gasteiger partial charge in [0.15, 0.2) is 0 Å². The zero-order chi connectivity index (χ0) is 24.9. The summed E-state index contributed by atoms with van der Waals surface area (Å²) in [6.07, 6.45) is 1.66. The van der Waals surface area contributed by atoms with Crippen molar-refractivity contribution in [2.24, 2.45) is 0 Å². The molecule has 2 atom stereocenters. The Morgan fingerprint density at radius 3 is 2.74 bits per heavy atom. The van der Waals surface area contributed by atoms with E-state index in [-0.39, 0.29) is 11.1 Å². The van der Waals surface area contributed by atoms with Crippen molar-refractivity contribution < 1.29 is 18.3 Å². The highest BCUT2D eigenvalue weighted by atomic mass is 35.5. The van der Waals surface area contributed by atoms with Crippen LogP contribution in [-0.2, 0) is 4.74 Å². The van der Waals surface area contributed by atoms with Gasteiger partial charge in [0.05, 0.1) is 28.5 Å². The SMILES string of the molecule is C[C@H]1c2c(cc(F)c(-c3cccc4cc[nH]c34)c2F)NC(C)(C)[C@@H]1OC(=O)Nc1ccc(Cl)nc1. The summed E-state index contributed by atoms with van der Waals surface area (Å²) in [7, 11) is 0. The number of amides is 1. The predicted octanol–water partition coefficient (Wildman–Crippen LogP) is 7.09. The third kappa shape index (κ3) is 4.08. The number of nitrogens with one attached hydrogen (secondary N) is 3. The number of halogens is 3. The van der Waals surface area contributed by atoms with E-state index in [0.29, 0.717) is 27.6 Å². The molecule has 0 saturated heterocycles. The van der Waals surface area contributed by atoms with Gasteiger partial charge in [-0.2, -0.15) is 0 Å². The molecule has 3 heterocycles. The van der Waals surface area contributed by atoms with Crippen LogP contribution in [0.5, 0.6) is 0 Å². The Bertz CT molecular complexity index is 1440. The molecule has 0 fully saturated rings. The number of benzene rings is 2. The van der Waals surface area contributed by atoms with Crippen molar-refractivity contribution in [1.82, 2.24) is 9.97 Å². The highest BCUT2D eigenvalue weighted by Gasteiger charge is 2.45. The number of nitrogens with zero attached hydrogens (tertiary/aromatic N) is 1. The van der Waals surface area contributed by atoms with Crippen molar-refractivity contribution in [2.75, 3.05) is 10.6 Å². The first-order chi connectivity index (χ1) is 16.7. The van der Waals surface area contributed by atoms with E-state index in [9.17, 15) is 4.79 Å². The monoisotopic (exact) mass is 496 g/mol. The number of ether oxygens (including phenoxy) is 1. The molecule has 3 N–H and O–H groups in total. The van der Waals surface area contributed by atoms with E-state index in [1.165, 1.54) is 18.3 Å². The lowest BCUT2D eigenvalue weighted by Crippen LogP contribution is -2.52. The Balaban J connectivity index is 1.52. The largest absolute Gasteiger partial charge is 0.443 e. The van der Waals surface area contributed by atoms with Gasteiger partial charge in [0.1, 0.15) is 22.9 Å². The third-order valence-corrected chi connectivity index (χ3v) is 6.62. The van der Waals surface area contributed by atoms with Crippen molar-refractivity contribution in [1.29, 1.82) is 0 Å². The highest BCUT2D eigenvalue weighted by molar-refractivity contribution is 6.29. The van der Waals surface area contributed by atoms with Crippen LogP contribution in [0.4, 0.5) is 25.0 Å². The minimum atomic E-state index is -0.804. The summed E-state index contributed by atoms with van der Waals surface area (Å²) in [6, 6.07) is 11.6. The Hall–Kier alpha value is -3.65. The van der Waals surface area contributed by atoms with E-state index in [0.717, 1.165) is 5.39 Å². The van der Waals surface area contributed by atoms with Crippen LogP contribution in [0.25, 0.3) is 22.0 Å². The van der Waals surface area contributed by atoms with Gasteiger partial charge in [-0.25, -0.2) is 18.6 Å². The zero-order valence-corrected chi connectivity index (χ0v) is 20.0. The molecule has 5 rings (SSSR count). The number of H-pyrrole nitrogens is 1. The lowest BCUT2D eigenvalue weighted by atomic mass is 9.77. The molecule has 2 aromatic heterocycles. The van der Waals surface area contributed by atoms with E-state index in [4.69, 9.17) is 16.3 Å². The number of para-hydroxylation sites is 1. The van der Waals surface area contributed by atoms with Gasteiger partial charge in [-0.15, -0.1) is 0 Å². The van der Waals surface area contributed by atoms with Gasteiger partial charge in [0.25, 0.3) is 0 Å². The highest BCUT2D eigenvalue weighted by Crippen LogP contribution is 2.46. The minimum absolute atomic E-state index is 0.124. The fourth-order valence-corrected chi connectivity index (χ4v) is 4.99. The summed E-state index contributed by atoms with van der Waals surface area (Å²) >= 11 is 5.79. The second kappa shape index (κ2) is 8.53. The normalized spacial score (nSPS) is 18.6. The topological polar surface area (TPSA) is 79.0 Å². The van der Waals surface area contributed by atoms with E-state index >= 15 is 8.78 Å². The lowest BCUT2D eigenvalue weighted by Gasteiger charge is -2.44. The molecule has 0 unspecified atom stereocenters. The Morgan fingerprint density at radius 2 is 2.00 bits per heavy atom. The molecule has 0 radical (unpaired) electrons. The number of aromatic nitrogens is 2. The molecule has 6 nitrogen and oxygen atoms in total. The maximum Gasteiger partial charge on any atom is 0.412 e. The van der Waals surface area contributed by atoms with Crippen LogP contribution in [0.1, 0.15) is 32.3 Å². The van der Waals surface area contributed by atoms with Crippen molar-refractivity contribution in [3.05, 3.63) is 77.2 Å². The number of rotatable bonds is 3. The standard InChI is InChI=1S/C26H23ClF2N4O2/c1-13-20-18(11-17(28)21(22(20)29)16-6-4-5-14-9-10-30-23(14)16)33-26(2,3)24(13)35-25(34)32-15-7-8-19(27)31-12-15/h4-13,24,30,33H,1-3H3,(H,32,34)/t13-,24+/m0/s1. The van der Waals surface area contributed by atoms with Gasteiger partial charge in [0, 0.05) is 28.9 Å². The van der Waals surface area contributed by atoms with Gasteiger partial charge in [-0.05, 0) is 43.5 Å². The van der Waals surface area contributed by atoms with Crippen LogP contribution in [0.15, 0.2) is 54.9 Å². The summed E-state index contributed by atoms with van der Waals surface area (Å²) in [5, 5.41) is 6.91. The molecule has 0 aliphatic carbocycles. The van der Waals surface area contributed by atoms with Crippen LogP contribution < -0.4 is 10.6 Å². The first-order valence-corrected chi connectivity index (χ1v) is 11.5. The van der Waals surface area contributed by atoms with Gasteiger partial charge < -0.3 is 15.0 Å². The summed E-state index contributed by atoms with van der Waals surface area (Å²) in [6.45, 7) is 5.40. The van der Waals surface area contributed by atoms with Crippen molar-refractivity contribution >= 4 is 40.0 Å². The molecule has 1 aliphatic heterocycles. The van der Waals surface area contributed by atoms with Gasteiger partial charge >= 0.3 is 6.09 Å². The molecule has 0 bridgehead atoms. The smallest absolute Gasteiger partial charge is 0.412 e. The van der Waals surface area contributed by atoms with Crippen molar-refractivity contribution in [3.8, 4) is 11.1 Å². The quantitative estimate of drug-likeness (QED) is 0.265. The molecule has 180 valence electrons. The number of carbonyl (C=O) groups excluding carboxylic acids is 1. The average molecular weight is 497 g/mol. The average Bonchev–Trinajstić information content (AvgIpc) is 3.27. The van der Waals surface area contributed by atoms with Gasteiger partial charge in [-0.1, -0.05) is 36.7 Å². The lowest BCUT2D eigenvalue weighted by molar-refractivity contribution is 0.0560. The second-order valence-electron chi connectivity index (χ2n) is 9.21. The molecule has 1 aliphatic rings. The number of hydrogen-bond donors (Lipinski definition) is 3. The van der Waals surface area contributed by atoms with E-state index in [1.54, 1.807) is 31.3 Å². The third-order valence-electron chi connectivity index (χ3n) is 6.40. The van der Waals surface area contributed by atoms with E-state index in [1.807, 2.05) is 26.0 Å². The molecular formula is C26H23ClF2N4O2. The van der Waals surface area contributed by atoms with Gasteiger partial charge in [0.2, 0.25) is 0 Å². The summed E-state index contributed by atoms with van der Waals surface area (Å²) < 4.78 is 37.1. The molecule has 1 amide bonds. The molecule has 9 heteroatoms. The van der Waals surface area contributed by atoms with E-state index < -0.39 is 35.3 Å². The molecular weight excluding hydrogens is 474 g/mol. The fraction of sp³-hybridized carbons (Fsp3) is 0.231. The predicted molar refractivity (Wildman–Crippen MR) is 133 cm³/mol. The molecule has 4 aromatic rings. The van der Waals surface area contributed by atoms with E-state index in [2.05, 4.69) is 20.6 Å².